The molecule has 34 heavy (non-hydrogen) atoms. The van der Waals surface area contributed by atoms with E-state index in [0.717, 1.165) is 23.9 Å². The lowest BCUT2D eigenvalue weighted by Crippen LogP contribution is -2.35. The van der Waals surface area contributed by atoms with Crippen molar-refractivity contribution < 1.29 is 19.1 Å². The van der Waals surface area contributed by atoms with Crippen LogP contribution in [0.2, 0.25) is 0 Å². The van der Waals surface area contributed by atoms with Crippen molar-refractivity contribution in [2.24, 2.45) is 20.5 Å². The summed E-state index contributed by atoms with van der Waals surface area (Å²) >= 11 is 1.75. The maximum atomic E-state index is 12.2. The third-order valence-electron chi connectivity index (χ3n) is 4.12. The molecule has 1 aliphatic rings. The van der Waals surface area contributed by atoms with Crippen LogP contribution in [0.1, 0.15) is 94.9 Å². The molecule has 0 heterocycles. The third-order valence-corrected chi connectivity index (χ3v) is 5.84. The van der Waals surface area contributed by atoms with Crippen molar-refractivity contribution in [2.75, 3.05) is 0 Å². The molecule has 0 unspecified atom stereocenters. The largest absolute Gasteiger partial charge is 0.453 e. The number of carbonyl (C=O) groups is 2. The summed E-state index contributed by atoms with van der Waals surface area (Å²) in [7, 11) is 0. The number of rotatable bonds is 8. The van der Waals surface area contributed by atoms with Crippen molar-refractivity contribution in [2.45, 2.75) is 130 Å². The molecule has 0 atom stereocenters. The molecule has 0 radical (unpaired) electrons. The standard InChI is InChI=1S/C22H42N6O4S2/c1-19(2,3)23-25-21(7,8)27-33-17(29)31-15-11-13-16(14-12-15)32-18(30)34-28-22(9,10)26-24-20(4,5)6/h15-16,27-28H,11-14H2,1-10H3. The molecule has 0 bridgehead atoms. The minimum Gasteiger partial charge on any atom is -0.453 e. The van der Waals surface area contributed by atoms with Crippen LogP contribution in [-0.4, -0.2) is 45.2 Å². The lowest BCUT2D eigenvalue weighted by Gasteiger charge is -2.28. The molecule has 10 nitrogen and oxygen atoms in total. The lowest BCUT2D eigenvalue weighted by atomic mass is 9.95. The van der Waals surface area contributed by atoms with Crippen LogP contribution < -0.4 is 9.44 Å². The predicted molar refractivity (Wildman–Crippen MR) is 138 cm³/mol. The molecule has 196 valence electrons. The molecule has 2 N–H and O–H groups in total. The van der Waals surface area contributed by atoms with Gasteiger partial charge in [0.25, 0.3) is 0 Å². The molecular weight excluding hydrogens is 476 g/mol. The first kappa shape index (κ1) is 30.8. The second-order valence-corrected chi connectivity index (χ2v) is 12.9. The Labute approximate surface area is 212 Å². The van der Waals surface area contributed by atoms with Gasteiger partial charge in [-0.05, 0) is 94.9 Å². The van der Waals surface area contributed by atoms with E-state index in [-0.39, 0.29) is 23.3 Å². The highest BCUT2D eigenvalue weighted by Crippen LogP contribution is 2.27. The Hall–Kier alpha value is -1.24. The summed E-state index contributed by atoms with van der Waals surface area (Å²) in [6, 6.07) is 0. The van der Waals surface area contributed by atoms with E-state index >= 15 is 0 Å². The highest BCUT2D eigenvalue weighted by Gasteiger charge is 2.28. The normalized spacial score (nSPS) is 20.6. The molecule has 1 rings (SSSR count). The lowest BCUT2D eigenvalue weighted by molar-refractivity contribution is 0.0386. The number of hydrogen-bond acceptors (Lipinski definition) is 12. The van der Waals surface area contributed by atoms with E-state index in [1.807, 2.05) is 69.2 Å². The van der Waals surface area contributed by atoms with Crippen LogP contribution in [0.25, 0.3) is 0 Å². The van der Waals surface area contributed by atoms with E-state index in [4.69, 9.17) is 9.47 Å². The number of nitrogens with zero attached hydrogens (tertiary/aromatic N) is 4. The van der Waals surface area contributed by atoms with Gasteiger partial charge in [0.05, 0.1) is 11.1 Å². The molecule has 0 aromatic carbocycles. The van der Waals surface area contributed by atoms with E-state index in [1.165, 1.54) is 0 Å². The summed E-state index contributed by atoms with van der Waals surface area (Å²) in [5, 5.41) is 16.2. The maximum absolute atomic E-state index is 12.2. The number of hydrogen-bond donors (Lipinski definition) is 2. The SMILES string of the molecule is CC(C)(C)N=NC(C)(C)NSC(=O)OC1CCC(OC(=O)SNC(C)(C)N=NC(C)(C)C)CC1. The topological polar surface area (TPSA) is 126 Å². The molecule has 1 fully saturated rings. The van der Waals surface area contributed by atoms with Crippen molar-refractivity contribution in [3.8, 4) is 0 Å². The average Bonchev–Trinajstić information content (AvgIpc) is 2.69. The molecular formula is C22H42N6O4S2. The quantitative estimate of drug-likeness (QED) is 0.199. The van der Waals surface area contributed by atoms with Crippen LogP contribution in [0, 0.1) is 0 Å². The van der Waals surface area contributed by atoms with E-state index < -0.39 is 21.9 Å². The Balaban J connectivity index is 2.34. The zero-order valence-electron chi connectivity index (χ0n) is 22.2. The molecule has 0 amide bonds. The Kier molecular flexibility index (Phi) is 11.4. The Bertz CT molecular complexity index is 675. The Morgan fingerprint density at radius 3 is 1.18 bits per heavy atom. The van der Waals surface area contributed by atoms with Crippen molar-refractivity contribution in [3.05, 3.63) is 0 Å². The Morgan fingerprint density at radius 2 is 0.912 bits per heavy atom. The first-order valence-electron chi connectivity index (χ1n) is 11.5. The third kappa shape index (κ3) is 14.9. The molecule has 1 saturated carbocycles. The van der Waals surface area contributed by atoms with Gasteiger partial charge in [-0.25, -0.2) is 19.0 Å². The maximum Gasteiger partial charge on any atom is 0.382 e. The number of azo groups is 2. The van der Waals surface area contributed by atoms with Gasteiger partial charge in [0, 0.05) is 23.9 Å². The van der Waals surface area contributed by atoms with Crippen LogP contribution in [-0.2, 0) is 9.47 Å². The average molecular weight is 519 g/mol. The highest BCUT2D eigenvalue weighted by atomic mass is 32.2. The van der Waals surface area contributed by atoms with Crippen LogP contribution in [0.4, 0.5) is 9.59 Å². The smallest absolute Gasteiger partial charge is 0.382 e. The van der Waals surface area contributed by atoms with Gasteiger partial charge < -0.3 is 9.47 Å². The molecule has 1 aliphatic carbocycles. The second-order valence-electron chi connectivity index (χ2n) is 11.4. The van der Waals surface area contributed by atoms with Crippen molar-refractivity contribution in [3.63, 3.8) is 0 Å². The first-order chi connectivity index (χ1) is 15.4. The highest BCUT2D eigenvalue weighted by molar-refractivity contribution is 8.11. The van der Waals surface area contributed by atoms with Gasteiger partial charge in [0.15, 0.2) is 0 Å². The van der Waals surface area contributed by atoms with Gasteiger partial charge in [0.1, 0.15) is 23.5 Å². The fourth-order valence-electron chi connectivity index (χ4n) is 2.51. The van der Waals surface area contributed by atoms with Gasteiger partial charge in [-0.1, -0.05) is 0 Å². The van der Waals surface area contributed by atoms with E-state index in [1.54, 1.807) is 0 Å². The summed E-state index contributed by atoms with van der Waals surface area (Å²) in [4.78, 5) is 24.4. The zero-order valence-corrected chi connectivity index (χ0v) is 23.9. The molecule has 0 aliphatic heterocycles. The monoisotopic (exact) mass is 518 g/mol. The summed E-state index contributed by atoms with van der Waals surface area (Å²) in [6.07, 6.45) is 2.17. The summed E-state index contributed by atoms with van der Waals surface area (Å²) in [5.74, 6) is 0. The Morgan fingerprint density at radius 1 is 0.618 bits per heavy atom. The number of ether oxygens (including phenoxy) is 2. The first-order valence-corrected chi connectivity index (χ1v) is 13.2. The summed E-state index contributed by atoms with van der Waals surface area (Å²) in [5.41, 5.74) is -1.96. The van der Waals surface area contributed by atoms with Crippen LogP contribution in [0.15, 0.2) is 20.5 Å². The van der Waals surface area contributed by atoms with Gasteiger partial charge >= 0.3 is 10.6 Å². The summed E-state index contributed by atoms with van der Waals surface area (Å²) in [6.45, 7) is 19.1. The van der Waals surface area contributed by atoms with E-state index in [0.29, 0.717) is 25.7 Å². The molecule has 12 heteroatoms. The van der Waals surface area contributed by atoms with Crippen LogP contribution >= 0.6 is 23.9 Å². The molecule has 0 aromatic rings. The van der Waals surface area contributed by atoms with Crippen molar-refractivity contribution >= 4 is 34.5 Å². The second kappa shape index (κ2) is 12.6. The van der Waals surface area contributed by atoms with Crippen molar-refractivity contribution in [1.82, 2.24) is 9.44 Å². The fraction of sp³-hybridized carbons (Fsp3) is 0.909. The van der Waals surface area contributed by atoms with Gasteiger partial charge in [0.2, 0.25) is 0 Å². The minimum absolute atomic E-state index is 0.196. The van der Waals surface area contributed by atoms with Crippen LogP contribution in [0.3, 0.4) is 0 Å². The van der Waals surface area contributed by atoms with Gasteiger partial charge in [-0.2, -0.15) is 20.5 Å². The predicted octanol–water partition coefficient (Wildman–Crippen LogP) is 7.02. The van der Waals surface area contributed by atoms with Gasteiger partial charge in [-0.15, -0.1) is 0 Å². The summed E-state index contributed by atoms with van der Waals surface area (Å²) < 4.78 is 17.1. The van der Waals surface area contributed by atoms with Gasteiger partial charge in [-0.3, -0.25) is 0 Å². The fourth-order valence-corrected chi connectivity index (χ4v) is 3.63. The minimum atomic E-state index is -0.697. The number of nitrogens with one attached hydrogen (secondary N) is 2. The molecule has 0 saturated heterocycles. The zero-order chi connectivity index (χ0) is 26.2. The molecule has 0 spiro atoms. The van der Waals surface area contributed by atoms with E-state index in [2.05, 4.69) is 29.9 Å². The van der Waals surface area contributed by atoms with Crippen molar-refractivity contribution in [1.29, 1.82) is 0 Å². The number of carbonyl (C=O) groups excluding carboxylic acids is 2. The van der Waals surface area contributed by atoms with E-state index in [9.17, 15) is 9.59 Å². The van der Waals surface area contributed by atoms with Crippen LogP contribution in [0.5, 0.6) is 0 Å². The molecule has 0 aromatic heterocycles.